The number of benzene rings is 1. The van der Waals surface area contributed by atoms with Crippen LogP contribution in [0.1, 0.15) is 24.1 Å². The molecule has 2 heterocycles. The molecule has 2 N–H and O–H groups in total. The molecule has 1 aliphatic rings. The van der Waals surface area contributed by atoms with Crippen LogP contribution in [0.5, 0.6) is 0 Å². The van der Waals surface area contributed by atoms with E-state index in [1.54, 1.807) is 11.3 Å². The zero-order valence-corrected chi connectivity index (χ0v) is 20.0. The Bertz CT molecular complexity index is 725. The lowest BCUT2D eigenvalue weighted by Crippen LogP contribution is -2.48. The smallest absolute Gasteiger partial charge is 0.191 e. The third-order valence-corrected chi connectivity index (χ3v) is 5.82. The normalized spacial score (nSPS) is 15.8. The van der Waals surface area contributed by atoms with E-state index in [1.165, 1.54) is 5.56 Å². The van der Waals surface area contributed by atoms with Gasteiger partial charge in [0.15, 0.2) is 11.1 Å². The molecule has 0 saturated carbocycles. The number of thiazole rings is 1. The quantitative estimate of drug-likeness (QED) is 0.353. The monoisotopic (exact) mass is 514 g/mol. The summed E-state index contributed by atoms with van der Waals surface area (Å²) in [7, 11) is 5.85. The third kappa shape index (κ3) is 6.89. The van der Waals surface area contributed by atoms with Crippen molar-refractivity contribution in [3.63, 3.8) is 0 Å². The first-order valence-corrected chi connectivity index (χ1v) is 10.4. The standard InChI is InChI=1S/C20H30N6S.HI/c1-21-19(22-13-18-15-27-20(24-18)25(2)3)23-17-9-11-26(12-10-17)14-16-7-5-4-6-8-16;/h4-8,15,17H,9-14H2,1-3H3,(H2,21,22,23);1H. The summed E-state index contributed by atoms with van der Waals surface area (Å²) in [4.78, 5) is 13.5. The van der Waals surface area contributed by atoms with Crippen molar-refractivity contribution in [2.24, 2.45) is 4.99 Å². The third-order valence-electron chi connectivity index (χ3n) is 4.76. The van der Waals surface area contributed by atoms with Crippen LogP contribution >= 0.6 is 35.3 Å². The number of hydrogen-bond donors (Lipinski definition) is 2. The van der Waals surface area contributed by atoms with E-state index in [0.29, 0.717) is 12.6 Å². The summed E-state index contributed by atoms with van der Waals surface area (Å²) in [5, 5.41) is 10.1. The van der Waals surface area contributed by atoms with Crippen molar-refractivity contribution in [3.05, 3.63) is 47.0 Å². The SMILES string of the molecule is CN=C(NCc1csc(N(C)C)n1)NC1CCN(Cc2ccccc2)CC1.I. The number of piperidine rings is 1. The van der Waals surface area contributed by atoms with Crippen LogP contribution in [0.25, 0.3) is 0 Å². The fourth-order valence-corrected chi connectivity index (χ4v) is 3.98. The van der Waals surface area contributed by atoms with E-state index < -0.39 is 0 Å². The van der Waals surface area contributed by atoms with Crippen LogP contribution in [-0.2, 0) is 13.1 Å². The van der Waals surface area contributed by atoms with Crippen LogP contribution in [0.15, 0.2) is 40.7 Å². The van der Waals surface area contributed by atoms with Gasteiger partial charge in [-0.05, 0) is 18.4 Å². The van der Waals surface area contributed by atoms with E-state index in [9.17, 15) is 0 Å². The van der Waals surface area contributed by atoms with Crippen molar-refractivity contribution in [1.29, 1.82) is 0 Å². The molecule has 3 rings (SSSR count). The number of halogens is 1. The molecule has 1 saturated heterocycles. The van der Waals surface area contributed by atoms with Crippen LogP contribution in [0.4, 0.5) is 5.13 Å². The molecule has 0 amide bonds. The molecule has 154 valence electrons. The summed E-state index contributed by atoms with van der Waals surface area (Å²) in [6.45, 7) is 3.96. The molecular weight excluding hydrogens is 483 g/mol. The first-order chi connectivity index (χ1) is 13.1. The number of anilines is 1. The van der Waals surface area contributed by atoms with Gasteiger partial charge in [-0.25, -0.2) is 4.98 Å². The molecule has 0 spiro atoms. The Morgan fingerprint density at radius 2 is 1.96 bits per heavy atom. The van der Waals surface area contributed by atoms with Gasteiger partial charge >= 0.3 is 0 Å². The number of aliphatic imine (C=N–C) groups is 1. The number of hydrogen-bond acceptors (Lipinski definition) is 5. The summed E-state index contributed by atoms with van der Waals surface area (Å²) >= 11 is 1.66. The van der Waals surface area contributed by atoms with Crippen molar-refractivity contribution in [3.8, 4) is 0 Å². The highest BCUT2D eigenvalue weighted by atomic mass is 127. The van der Waals surface area contributed by atoms with E-state index in [0.717, 1.165) is 49.3 Å². The zero-order valence-electron chi connectivity index (χ0n) is 16.9. The number of guanidine groups is 1. The van der Waals surface area contributed by atoms with Gasteiger partial charge in [0.25, 0.3) is 0 Å². The Balaban J connectivity index is 0.00000280. The van der Waals surface area contributed by atoms with E-state index in [4.69, 9.17) is 0 Å². The minimum absolute atomic E-state index is 0. The Hall–Kier alpha value is -1.39. The second-order valence-corrected chi connectivity index (χ2v) is 7.96. The molecule has 2 aromatic rings. The first kappa shape index (κ1) is 22.9. The minimum atomic E-state index is 0. The molecule has 0 radical (unpaired) electrons. The predicted octanol–water partition coefficient (Wildman–Crippen LogP) is 3.16. The Kier molecular flexibility index (Phi) is 9.46. The molecule has 1 fully saturated rings. The van der Waals surface area contributed by atoms with Crippen molar-refractivity contribution < 1.29 is 0 Å². The molecule has 6 nitrogen and oxygen atoms in total. The Labute approximate surface area is 189 Å². The van der Waals surface area contributed by atoms with Gasteiger partial charge < -0.3 is 15.5 Å². The van der Waals surface area contributed by atoms with E-state index >= 15 is 0 Å². The minimum Gasteiger partial charge on any atom is -0.354 e. The molecule has 0 atom stereocenters. The van der Waals surface area contributed by atoms with E-state index in [1.807, 2.05) is 26.0 Å². The summed E-state index contributed by atoms with van der Waals surface area (Å²) < 4.78 is 0. The fourth-order valence-electron chi connectivity index (χ4n) is 3.22. The maximum Gasteiger partial charge on any atom is 0.191 e. The fraction of sp³-hybridized carbons (Fsp3) is 0.500. The Morgan fingerprint density at radius 3 is 2.57 bits per heavy atom. The second-order valence-electron chi connectivity index (χ2n) is 7.12. The summed E-state index contributed by atoms with van der Waals surface area (Å²) in [5.74, 6) is 0.857. The number of rotatable bonds is 6. The highest BCUT2D eigenvalue weighted by Crippen LogP contribution is 2.17. The number of likely N-dealkylation sites (tertiary alicyclic amines) is 1. The van der Waals surface area contributed by atoms with Gasteiger partial charge in [0.05, 0.1) is 12.2 Å². The van der Waals surface area contributed by atoms with E-state index in [2.05, 4.69) is 61.2 Å². The largest absolute Gasteiger partial charge is 0.354 e. The molecule has 28 heavy (non-hydrogen) atoms. The first-order valence-electron chi connectivity index (χ1n) is 9.49. The molecule has 1 aromatic heterocycles. The summed E-state index contributed by atoms with van der Waals surface area (Å²) in [6, 6.07) is 11.2. The van der Waals surface area contributed by atoms with Crippen LogP contribution in [0, 0.1) is 0 Å². The summed E-state index contributed by atoms with van der Waals surface area (Å²) in [5.41, 5.74) is 2.44. The molecule has 1 aliphatic heterocycles. The maximum absolute atomic E-state index is 4.61. The van der Waals surface area contributed by atoms with Crippen molar-refractivity contribution in [2.45, 2.75) is 32.0 Å². The Morgan fingerprint density at radius 1 is 1.25 bits per heavy atom. The lowest BCUT2D eigenvalue weighted by atomic mass is 10.0. The predicted molar refractivity (Wildman–Crippen MR) is 130 cm³/mol. The highest BCUT2D eigenvalue weighted by molar-refractivity contribution is 14.0. The molecular formula is C20H31IN6S. The maximum atomic E-state index is 4.61. The van der Waals surface area contributed by atoms with Crippen LogP contribution in [-0.4, -0.2) is 56.1 Å². The molecule has 8 heteroatoms. The number of nitrogens with zero attached hydrogens (tertiary/aromatic N) is 4. The van der Waals surface area contributed by atoms with Crippen molar-refractivity contribution in [1.82, 2.24) is 20.5 Å². The average Bonchev–Trinajstić information content (AvgIpc) is 3.17. The number of aromatic nitrogens is 1. The molecule has 0 unspecified atom stereocenters. The van der Waals surface area contributed by atoms with Gasteiger partial charge in [0.2, 0.25) is 0 Å². The second kappa shape index (κ2) is 11.6. The average molecular weight is 514 g/mol. The van der Waals surface area contributed by atoms with Crippen LogP contribution in [0.2, 0.25) is 0 Å². The lowest BCUT2D eigenvalue weighted by Gasteiger charge is -2.33. The lowest BCUT2D eigenvalue weighted by molar-refractivity contribution is 0.198. The van der Waals surface area contributed by atoms with Gasteiger partial charge in [-0.1, -0.05) is 30.3 Å². The van der Waals surface area contributed by atoms with Gasteiger partial charge in [0.1, 0.15) is 0 Å². The summed E-state index contributed by atoms with van der Waals surface area (Å²) in [6.07, 6.45) is 2.27. The van der Waals surface area contributed by atoms with Crippen LogP contribution < -0.4 is 15.5 Å². The van der Waals surface area contributed by atoms with Crippen molar-refractivity contribution in [2.75, 3.05) is 39.1 Å². The molecule has 0 bridgehead atoms. The van der Waals surface area contributed by atoms with Gasteiger partial charge in [0, 0.05) is 52.2 Å². The molecule has 1 aromatic carbocycles. The van der Waals surface area contributed by atoms with Crippen molar-refractivity contribution >= 4 is 46.4 Å². The zero-order chi connectivity index (χ0) is 19.1. The van der Waals surface area contributed by atoms with E-state index in [-0.39, 0.29) is 24.0 Å². The van der Waals surface area contributed by atoms with Gasteiger partial charge in [-0.15, -0.1) is 35.3 Å². The number of nitrogens with one attached hydrogen (secondary N) is 2. The molecule has 0 aliphatic carbocycles. The topological polar surface area (TPSA) is 55.8 Å². The van der Waals surface area contributed by atoms with Crippen LogP contribution in [0.3, 0.4) is 0 Å². The van der Waals surface area contributed by atoms with Gasteiger partial charge in [-0.2, -0.15) is 0 Å². The van der Waals surface area contributed by atoms with Gasteiger partial charge in [-0.3, -0.25) is 9.89 Å². The highest BCUT2D eigenvalue weighted by Gasteiger charge is 2.20.